The third kappa shape index (κ3) is 3.87. The van der Waals surface area contributed by atoms with Crippen LogP contribution in [0.5, 0.6) is 5.75 Å². The number of hydrogen-bond donors (Lipinski definition) is 0. The first-order valence-corrected chi connectivity index (χ1v) is 11.4. The molecule has 0 saturated carbocycles. The van der Waals surface area contributed by atoms with Gasteiger partial charge in [0, 0.05) is 23.6 Å². The normalized spacial score (nSPS) is 25.6. The summed E-state index contributed by atoms with van der Waals surface area (Å²) in [6.07, 6.45) is 0.191. The number of rotatable bonds is 2. The van der Waals surface area contributed by atoms with E-state index >= 15 is 0 Å². The smallest absolute Gasteiger partial charge is 0.444 e. The van der Waals surface area contributed by atoms with Gasteiger partial charge in [0.15, 0.2) is 0 Å². The van der Waals surface area contributed by atoms with E-state index in [2.05, 4.69) is 4.18 Å². The van der Waals surface area contributed by atoms with Crippen molar-refractivity contribution in [2.75, 3.05) is 6.54 Å². The van der Waals surface area contributed by atoms with E-state index in [1.165, 1.54) is 12.1 Å². The van der Waals surface area contributed by atoms with Gasteiger partial charge in [-0.2, -0.15) is 21.6 Å². The van der Waals surface area contributed by atoms with Crippen molar-refractivity contribution in [1.29, 1.82) is 0 Å². The van der Waals surface area contributed by atoms with Gasteiger partial charge in [0.25, 0.3) is 0 Å². The molecule has 1 fully saturated rings. The highest BCUT2D eigenvalue weighted by Gasteiger charge is 2.58. The number of hydrogen-bond acceptors (Lipinski definition) is 5. The summed E-state index contributed by atoms with van der Waals surface area (Å²) >= 11 is 0. The summed E-state index contributed by atoms with van der Waals surface area (Å²) in [6, 6.07) is 4.11. The van der Waals surface area contributed by atoms with E-state index in [0.29, 0.717) is 18.5 Å². The quantitative estimate of drug-likeness (QED) is 0.467. The molecule has 3 rings (SSSR count). The van der Waals surface area contributed by atoms with E-state index in [1.54, 1.807) is 31.7 Å². The van der Waals surface area contributed by atoms with Crippen LogP contribution < -0.4 is 4.18 Å². The van der Waals surface area contributed by atoms with Crippen molar-refractivity contribution >= 4 is 16.2 Å². The summed E-state index contributed by atoms with van der Waals surface area (Å²) in [5.41, 5.74) is -6.08. The van der Waals surface area contributed by atoms with Crippen LogP contribution in [0.25, 0.3) is 0 Å². The van der Waals surface area contributed by atoms with Crippen molar-refractivity contribution in [3.8, 4) is 5.75 Å². The zero-order valence-corrected chi connectivity index (χ0v) is 19.3. The maximum Gasteiger partial charge on any atom is 0.534 e. The molecule has 1 amide bonds. The topological polar surface area (TPSA) is 72.9 Å². The minimum absolute atomic E-state index is 0.153. The molecule has 2 atom stereocenters. The van der Waals surface area contributed by atoms with Crippen LogP contribution in [-0.2, 0) is 26.7 Å². The number of nitrogens with zero attached hydrogens (tertiary/aromatic N) is 1. The van der Waals surface area contributed by atoms with Crippen molar-refractivity contribution in [1.82, 2.24) is 4.90 Å². The highest BCUT2D eigenvalue weighted by Crippen LogP contribution is 2.57. The fourth-order valence-electron chi connectivity index (χ4n) is 4.70. The second-order valence-corrected chi connectivity index (χ2v) is 11.5. The Hall–Kier alpha value is -1.97. The van der Waals surface area contributed by atoms with Crippen LogP contribution in [0.1, 0.15) is 59.1 Å². The number of amides is 1. The number of ether oxygens (including phenoxy) is 1. The molecule has 1 heterocycles. The molecule has 0 radical (unpaired) electrons. The number of benzene rings is 1. The summed E-state index contributed by atoms with van der Waals surface area (Å²) in [7, 11) is -5.82. The Morgan fingerprint density at radius 1 is 1.16 bits per heavy atom. The maximum atomic E-state index is 12.9. The van der Waals surface area contributed by atoms with Gasteiger partial charge < -0.3 is 13.8 Å². The lowest BCUT2D eigenvalue weighted by Gasteiger charge is -2.60. The van der Waals surface area contributed by atoms with Crippen LogP contribution in [-0.4, -0.2) is 43.1 Å². The number of halogens is 3. The second kappa shape index (κ2) is 7.02. The van der Waals surface area contributed by atoms with Gasteiger partial charge in [0.05, 0.1) is 0 Å². The molecule has 174 valence electrons. The van der Waals surface area contributed by atoms with E-state index < -0.39 is 44.2 Å². The zero-order valence-electron chi connectivity index (χ0n) is 18.5. The Morgan fingerprint density at radius 2 is 1.77 bits per heavy atom. The van der Waals surface area contributed by atoms with E-state index in [1.807, 2.05) is 20.8 Å². The third-order valence-corrected chi connectivity index (χ3v) is 7.69. The van der Waals surface area contributed by atoms with Gasteiger partial charge in [-0.05, 0) is 50.7 Å². The highest BCUT2D eigenvalue weighted by molar-refractivity contribution is 7.88. The third-order valence-electron chi connectivity index (χ3n) is 6.72. The lowest BCUT2D eigenvalue weighted by atomic mass is 9.51. The molecule has 1 aromatic rings. The van der Waals surface area contributed by atoms with Crippen LogP contribution in [0.4, 0.5) is 18.0 Å². The molecule has 0 spiro atoms. The number of carbonyl (C=O) groups is 1. The van der Waals surface area contributed by atoms with E-state index in [9.17, 15) is 26.4 Å². The molecule has 2 bridgehead atoms. The maximum absolute atomic E-state index is 12.9. The molecule has 1 aromatic carbocycles. The summed E-state index contributed by atoms with van der Waals surface area (Å²) in [6.45, 7) is 11.7. The van der Waals surface area contributed by atoms with E-state index in [0.717, 1.165) is 5.56 Å². The first kappa shape index (κ1) is 23.7. The molecular formula is C21H28F3NO5S. The Kier molecular flexibility index (Phi) is 5.36. The summed E-state index contributed by atoms with van der Waals surface area (Å²) < 4.78 is 72.2. The molecule has 10 heteroatoms. The highest BCUT2D eigenvalue weighted by atomic mass is 32.2. The van der Waals surface area contributed by atoms with Crippen molar-refractivity contribution in [3.05, 3.63) is 29.3 Å². The van der Waals surface area contributed by atoms with Gasteiger partial charge in [-0.15, -0.1) is 0 Å². The lowest BCUT2D eigenvalue weighted by molar-refractivity contribution is -0.0530. The zero-order chi connectivity index (χ0) is 23.6. The minimum atomic E-state index is -5.82. The second-order valence-electron chi connectivity index (χ2n) is 9.96. The van der Waals surface area contributed by atoms with Crippen molar-refractivity contribution < 1.29 is 35.3 Å². The Bertz CT molecular complexity index is 997. The number of carbonyl (C=O) groups excluding carboxylic acids is 1. The first-order valence-electron chi connectivity index (χ1n) is 10.0. The van der Waals surface area contributed by atoms with Crippen LogP contribution in [0.2, 0.25) is 0 Å². The predicted octanol–water partition coefficient (Wildman–Crippen LogP) is 4.76. The molecule has 0 aromatic heterocycles. The fourth-order valence-corrected chi connectivity index (χ4v) is 5.18. The van der Waals surface area contributed by atoms with Gasteiger partial charge in [0.2, 0.25) is 0 Å². The average molecular weight is 464 g/mol. The van der Waals surface area contributed by atoms with Crippen LogP contribution in [0.3, 0.4) is 0 Å². The van der Waals surface area contributed by atoms with Gasteiger partial charge in [-0.25, -0.2) is 4.79 Å². The van der Waals surface area contributed by atoms with Gasteiger partial charge in [-0.3, -0.25) is 0 Å². The molecule has 1 aliphatic carbocycles. The summed E-state index contributed by atoms with van der Waals surface area (Å²) in [5.74, 6) is -0.354. The van der Waals surface area contributed by atoms with Crippen LogP contribution in [0, 0.1) is 5.41 Å². The SMILES string of the molecule is CC(C)(C)OC(=O)N1CC[C@@]2(C)c3cccc(OS(=O)(=O)C(F)(F)F)c3C[C@@H]1C2(C)C. The molecule has 0 N–H and O–H groups in total. The minimum Gasteiger partial charge on any atom is -0.444 e. The Morgan fingerprint density at radius 3 is 2.32 bits per heavy atom. The molecule has 1 aliphatic heterocycles. The van der Waals surface area contributed by atoms with Gasteiger partial charge in [0.1, 0.15) is 11.4 Å². The van der Waals surface area contributed by atoms with Crippen LogP contribution in [0.15, 0.2) is 18.2 Å². The Balaban J connectivity index is 2.08. The van der Waals surface area contributed by atoms with Crippen molar-refractivity contribution in [2.24, 2.45) is 5.41 Å². The number of alkyl halides is 3. The first-order chi connectivity index (χ1) is 13.9. The lowest BCUT2D eigenvalue weighted by Crippen LogP contribution is -2.65. The molecule has 1 saturated heterocycles. The van der Waals surface area contributed by atoms with Crippen molar-refractivity contribution in [2.45, 2.75) is 77.0 Å². The molecular weight excluding hydrogens is 435 g/mol. The largest absolute Gasteiger partial charge is 0.534 e. The van der Waals surface area contributed by atoms with E-state index in [-0.39, 0.29) is 12.2 Å². The molecule has 2 aliphatic rings. The number of likely N-dealkylation sites (tertiary alicyclic amines) is 1. The molecule has 31 heavy (non-hydrogen) atoms. The molecule has 0 unspecified atom stereocenters. The van der Waals surface area contributed by atoms with Crippen LogP contribution >= 0.6 is 0 Å². The van der Waals surface area contributed by atoms with E-state index in [4.69, 9.17) is 4.74 Å². The summed E-state index contributed by atoms with van der Waals surface area (Å²) in [5, 5.41) is 0. The monoisotopic (exact) mass is 463 g/mol. The average Bonchev–Trinajstić information content (AvgIpc) is 2.55. The van der Waals surface area contributed by atoms with Gasteiger partial charge >= 0.3 is 21.7 Å². The predicted molar refractivity (Wildman–Crippen MR) is 108 cm³/mol. The van der Waals surface area contributed by atoms with Crippen molar-refractivity contribution in [3.63, 3.8) is 0 Å². The number of fused-ring (bicyclic) bond motifs is 4. The number of piperidine rings is 1. The fraction of sp³-hybridized carbons (Fsp3) is 0.667. The summed E-state index contributed by atoms with van der Waals surface area (Å²) in [4.78, 5) is 14.5. The van der Waals surface area contributed by atoms with Gasteiger partial charge in [-0.1, -0.05) is 32.9 Å². The Labute approximate surface area is 180 Å². The molecule has 6 nitrogen and oxygen atoms in total. The standard InChI is InChI=1S/C21H28F3NO5S/c1-18(2,3)29-17(26)25-11-10-20(6)14-8-7-9-15(30-31(27,28)21(22,23)24)13(14)12-16(25)19(20,4)5/h7-9,16H,10-12H2,1-6H3/t16-,20+/m1/s1.